The van der Waals surface area contributed by atoms with Gasteiger partial charge < -0.3 is 9.73 Å². The molecule has 146 valence electrons. The number of nitrogens with one attached hydrogen (secondary N) is 1. The Labute approximate surface area is 168 Å². The first kappa shape index (κ1) is 20.0. The van der Waals surface area contributed by atoms with Crippen molar-refractivity contribution in [3.05, 3.63) is 77.2 Å². The van der Waals surface area contributed by atoms with Gasteiger partial charge in [0.15, 0.2) is 5.76 Å². The first-order chi connectivity index (χ1) is 13.3. The van der Waals surface area contributed by atoms with Gasteiger partial charge in [0.2, 0.25) is 0 Å². The summed E-state index contributed by atoms with van der Waals surface area (Å²) in [6.07, 6.45) is 0. The summed E-state index contributed by atoms with van der Waals surface area (Å²) in [5.74, 6) is 0.261. The Kier molecular flexibility index (Phi) is 5.76. The van der Waals surface area contributed by atoms with Gasteiger partial charge in [-0.2, -0.15) is 0 Å². The maximum atomic E-state index is 13.2. The molecule has 0 radical (unpaired) electrons. The molecule has 3 aromatic rings. The van der Waals surface area contributed by atoms with Crippen LogP contribution in [0.4, 0.5) is 11.4 Å². The zero-order valence-corrected chi connectivity index (χ0v) is 16.9. The predicted molar refractivity (Wildman–Crippen MR) is 109 cm³/mol. The average Bonchev–Trinajstić information content (AvgIpc) is 3.11. The number of aryl methyl sites for hydroxylation is 1. The number of carbonyl (C=O) groups excluding carboxylic acids is 1. The van der Waals surface area contributed by atoms with Gasteiger partial charge in [0.1, 0.15) is 10.7 Å². The number of amides is 1. The van der Waals surface area contributed by atoms with Crippen molar-refractivity contribution in [2.24, 2.45) is 0 Å². The highest BCUT2D eigenvalue weighted by molar-refractivity contribution is 7.93. The van der Waals surface area contributed by atoms with E-state index in [4.69, 9.17) is 16.0 Å². The minimum atomic E-state index is -3.93. The third kappa shape index (κ3) is 4.05. The van der Waals surface area contributed by atoms with Crippen LogP contribution in [-0.2, 0) is 10.0 Å². The molecule has 0 aliphatic carbocycles. The third-order valence-electron chi connectivity index (χ3n) is 4.05. The number of anilines is 2. The topological polar surface area (TPSA) is 79.6 Å². The lowest BCUT2D eigenvalue weighted by Crippen LogP contribution is -2.31. The van der Waals surface area contributed by atoms with Crippen molar-refractivity contribution in [1.29, 1.82) is 0 Å². The number of rotatable bonds is 6. The SMILES string of the molecule is CCN(c1ccccc1)S(=O)(=O)c1cc(NC(=O)c2ccc(C)o2)ccc1Cl. The molecule has 1 N–H and O–H groups in total. The molecule has 6 nitrogen and oxygen atoms in total. The quantitative estimate of drug-likeness (QED) is 0.628. The van der Waals surface area contributed by atoms with E-state index < -0.39 is 15.9 Å². The number of hydrogen-bond donors (Lipinski definition) is 1. The van der Waals surface area contributed by atoms with Crippen molar-refractivity contribution in [2.75, 3.05) is 16.2 Å². The van der Waals surface area contributed by atoms with E-state index >= 15 is 0 Å². The highest BCUT2D eigenvalue weighted by atomic mass is 35.5. The summed E-state index contributed by atoms with van der Waals surface area (Å²) in [5.41, 5.74) is 0.827. The Balaban J connectivity index is 1.95. The summed E-state index contributed by atoms with van der Waals surface area (Å²) in [7, 11) is -3.93. The minimum absolute atomic E-state index is 0.0706. The van der Waals surface area contributed by atoms with Crippen LogP contribution in [0.25, 0.3) is 0 Å². The molecule has 0 bridgehead atoms. The molecule has 0 fully saturated rings. The molecule has 0 saturated carbocycles. The van der Waals surface area contributed by atoms with Crippen molar-refractivity contribution >= 4 is 38.9 Å². The fraction of sp³-hybridized carbons (Fsp3) is 0.150. The molecule has 0 saturated heterocycles. The van der Waals surface area contributed by atoms with Crippen LogP contribution in [0.2, 0.25) is 5.02 Å². The number of nitrogens with zero attached hydrogens (tertiary/aromatic N) is 1. The molecule has 1 amide bonds. The van der Waals surface area contributed by atoms with Crippen LogP contribution in [0.3, 0.4) is 0 Å². The number of benzene rings is 2. The molecule has 0 aliphatic rings. The monoisotopic (exact) mass is 418 g/mol. The second-order valence-corrected chi connectivity index (χ2v) is 8.25. The van der Waals surface area contributed by atoms with Crippen LogP contribution >= 0.6 is 11.6 Å². The molecule has 2 aromatic carbocycles. The molecular weight excluding hydrogens is 400 g/mol. The van der Waals surface area contributed by atoms with Crippen LogP contribution in [0.1, 0.15) is 23.2 Å². The predicted octanol–water partition coefficient (Wildman–Crippen LogP) is 4.71. The van der Waals surface area contributed by atoms with Gasteiger partial charge in [-0.15, -0.1) is 0 Å². The van der Waals surface area contributed by atoms with E-state index in [1.165, 1.54) is 22.5 Å². The first-order valence-electron chi connectivity index (χ1n) is 8.58. The molecule has 1 heterocycles. The van der Waals surface area contributed by atoms with Crippen molar-refractivity contribution < 1.29 is 17.6 Å². The maximum Gasteiger partial charge on any atom is 0.291 e. The normalized spacial score (nSPS) is 11.2. The van der Waals surface area contributed by atoms with Crippen molar-refractivity contribution in [3.8, 4) is 0 Å². The second-order valence-electron chi connectivity index (χ2n) is 6.01. The van der Waals surface area contributed by atoms with Crippen LogP contribution in [0.5, 0.6) is 0 Å². The molecule has 3 rings (SSSR count). The Morgan fingerprint density at radius 3 is 2.43 bits per heavy atom. The first-order valence-corrected chi connectivity index (χ1v) is 10.4. The molecule has 0 atom stereocenters. The van der Waals surface area contributed by atoms with Gasteiger partial charge in [-0.1, -0.05) is 29.8 Å². The number of carbonyl (C=O) groups is 1. The van der Waals surface area contributed by atoms with Gasteiger partial charge in [-0.05, 0) is 56.3 Å². The third-order valence-corrected chi connectivity index (χ3v) is 6.44. The highest BCUT2D eigenvalue weighted by Crippen LogP contribution is 2.30. The zero-order valence-electron chi connectivity index (χ0n) is 15.3. The zero-order chi connectivity index (χ0) is 20.3. The number of para-hydroxylation sites is 1. The van der Waals surface area contributed by atoms with E-state index in [-0.39, 0.29) is 22.2 Å². The van der Waals surface area contributed by atoms with Gasteiger partial charge >= 0.3 is 0 Å². The summed E-state index contributed by atoms with van der Waals surface area (Å²) in [4.78, 5) is 12.2. The van der Waals surface area contributed by atoms with Crippen molar-refractivity contribution in [1.82, 2.24) is 0 Å². The van der Waals surface area contributed by atoms with Gasteiger partial charge in [0.25, 0.3) is 15.9 Å². The van der Waals surface area contributed by atoms with Crippen molar-refractivity contribution in [3.63, 3.8) is 0 Å². The Morgan fingerprint density at radius 1 is 1.11 bits per heavy atom. The second kappa shape index (κ2) is 8.08. The lowest BCUT2D eigenvalue weighted by atomic mass is 10.3. The summed E-state index contributed by atoms with van der Waals surface area (Å²) >= 11 is 6.19. The summed E-state index contributed by atoms with van der Waals surface area (Å²) in [6, 6.07) is 16.3. The van der Waals surface area contributed by atoms with Gasteiger partial charge in [0.05, 0.1) is 10.7 Å². The van der Waals surface area contributed by atoms with E-state index in [0.29, 0.717) is 17.1 Å². The van der Waals surface area contributed by atoms with Crippen LogP contribution < -0.4 is 9.62 Å². The lowest BCUT2D eigenvalue weighted by molar-refractivity contribution is 0.0995. The standard InChI is InChI=1S/C20H19ClN2O4S/c1-3-23(16-7-5-4-6-8-16)28(25,26)19-13-15(10-11-17(19)21)22-20(24)18-12-9-14(2)27-18/h4-13H,3H2,1-2H3,(H,22,24). The van der Waals surface area contributed by atoms with E-state index in [0.717, 1.165) is 0 Å². The highest BCUT2D eigenvalue weighted by Gasteiger charge is 2.26. The van der Waals surface area contributed by atoms with Crippen molar-refractivity contribution in [2.45, 2.75) is 18.7 Å². The molecular formula is C20H19ClN2O4S. The summed E-state index contributed by atoms with van der Waals surface area (Å²) < 4.78 is 33.0. The molecule has 0 aliphatic heterocycles. The van der Waals surface area contributed by atoms with Crippen LogP contribution in [-0.4, -0.2) is 20.9 Å². The summed E-state index contributed by atoms with van der Waals surface area (Å²) in [5, 5.41) is 2.70. The van der Waals surface area contributed by atoms with Crippen LogP contribution in [0, 0.1) is 6.92 Å². The van der Waals surface area contributed by atoms with Crippen LogP contribution in [0.15, 0.2) is 70.0 Å². The largest absolute Gasteiger partial charge is 0.456 e. The van der Waals surface area contributed by atoms with Gasteiger partial charge in [0, 0.05) is 12.2 Å². The smallest absolute Gasteiger partial charge is 0.291 e. The Morgan fingerprint density at radius 2 is 1.82 bits per heavy atom. The van der Waals surface area contributed by atoms with Gasteiger partial charge in [-0.3, -0.25) is 9.10 Å². The number of hydrogen-bond acceptors (Lipinski definition) is 4. The average molecular weight is 419 g/mol. The molecule has 28 heavy (non-hydrogen) atoms. The molecule has 1 aromatic heterocycles. The summed E-state index contributed by atoms with van der Waals surface area (Å²) in [6.45, 7) is 3.70. The Bertz CT molecular complexity index is 1090. The van der Waals surface area contributed by atoms with E-state index in [1.54, 1.807) is 50.2 Å². The molecule has 0 spiro atoms. The molecule has 8 heteroatoms. The van der Waals surface area contributed by atoms with E-state index in [9.17, 15) is 13.2 Å². The number of halogens is 1. The maximum absolute atomic E-state index is 13.2. The van der Waals surface area contributed by atoms with Gasteiger partial charge in [-0.25, -0.2) is 8.42 Å². The fourth-order valence-electron chi connectivity index (χ4n) is 2.73. The molecule has 0 unspecified atom stereocenters. The number of sulfonamides is 1. The number of furan rings is 1. The lowest BCUT2D eigenvalue weighted by Gasteiger charge is -2.23. The van der Waals surface area contributed by atoms with E-state index in [1.807, 2.05) is 6.07 Å². The Hall–Kier alpha value is -2.77. The van der Waals surface area contributed by atoms with E-state index in [2.05, 4.69) is 5.32 Å². The minimum Gasteiger partial charge on any atom is -0.456 e. The fourth-order valence-corrected chi connectivity index (χ4v) is 4.71.